The minimum absolute atomic E-state index is 0.0792. The fourth-order valence-corrected chi connectivity index (χ4v) is 2.25. The van der Waals surface area contributed by atoms with Crippen LogP contribution >= 0.6 is 23.2 Å². The molecule has 0 atom stereocenters. The van der Waals surface area contributed by atoms with E-state index in [4.69, 9.17) is 38.4 Å². The van der Waals surface area contributed by atoms with Crippen LogP contribution in [0.4, 0.5) is 0 Å². The van der Waals surface area contributed by atoms with Gasteiger partial charge in [-0.25, -0.2) is 9.97 Å². The first kappa shape index (κ1) is 16.6. The van der Waals surface area contributed by atoms with Crippen LogP contribution in [0.5, 0.6) is 11.5 Å². The maximum absolute atomic E-state index is 11.0. The molecule has 0 fully saturated rings. The quantitative estimate of drug-likeness (QED) is 0.473. The van der Waals surface area contributed by atoms with Gasteiger partial charge in [-0.2, -0.15) is 0 Å². The Bertz CT molecular complexity index is 695. The number of halogens is 2. The lowest BCUT2D eigenvalue weighted by Gasteiger charge is -2.12. The second-order valence-corrected chi connectivity index (χ2v) is 5.22. The maximum Gasteiger partial charge on any atom is 0.225 e. The zero-order chi connectivity index (χ0) is 16.1. The summed E-state index contributed by atoms with van der Waals surface area (Å²) in [7, 11) is 1.53. The van der Waals surface area contributed by atoms with Crippen LogP contribution < -0.4 is 15.2 Å². The molecule has 2 aromatic rings. The molecule has 0 unspecified atom stereocenters. The fourth-order valence-electron chi connectivity index (χ4n) is 1.89. The van der Waals surface area contributed by atoms with Crippen LogP contribution in [0, 0.1) is 0 Å². The maximum atomic E-state index is 11.0. The summed E-state index contributed by atoms with van der Waals surface area (Å²) in [6.45, 7) is 0.457. The van der Waals surface area contributed by atoms with Gasteiger partial charge in [-0.3, -0.25) is 4.79 Å². The zero-order valence-electron chi connectivity index (χ0n) is 11.9. The molecule has 1 aromatic carbocycles. The van der Waals surface area contributed by atoms with Crippen molar-refractivity contribution in [3.8, 4) is 11.5 Å². The fraction of sp³-hybridized carbons (Fsp3) is 0.357. The van der Waals surface area contributed by atoms with Gasteiger partial charge in [0.15, 0.2) is 11.5 Å². The largest absolute Gasteiger partial charge is 0.493 e. The van der Waals surface area contributed by atoms with Gasteiger partial charge in [0, 0.05) is 17.3 Å². The van der Waals surface area contributed by atoms with Crippen LogP contribution in [0.15, 0.2) is 12.1 Å². The first-order chi connectivity index (χ1) is 10.5. The van der Waals surface area contributed by atoms with Crippen molar-refractivity contribution < 1.29 is 14.3 Å². The number of primary amides is 1. The van der Waals surface area contributed by atoms with Crippen molar-refractivity contribution in [2.75, 3.05) is 19.6 Å². The molecule has 0 saturated heterocycles. The first-order valence-corrected chi connectivity index (χ1v) is 7.47. The third-order valence-electron chi connectivity index (χ3n) is 2.85. The van der Waals surface area contributed by atoms with E-state index in [0.717, 1.165) is 0 Å². The highest BCUT2D eigenvalue weighted by Crippen LogP contribution is 2.34. The molecule has 0 aliphatic carbocycles. The average molecular weight is 344 g/mol. The van der Waals surface area contributed by atoms with Crippen LogP contribution in [0.3, 0.4) is 0 Å². The molecule has 1 aromatic heterocycles. The highest BCUT2D eigenvalue weighted by molar-refractivity contribution is 6.34. The van der Waals surface area contributed by atoms with Crippen molar-refractivity contribution in [2.24, 2.45) is 5.73 Å². The lowest BCUT2D eigenvalue weighted by Crippen LogP contribution is -2.15. The van der Waals surface area contributed by atoms with Gasteiger partial charge in [0.05, 0.1) is 25.7 Å². The Labute approximate surface area is 137 Å². The van der Waals surface area contributed by atoms with E-state index < -0.39 is 5.91 Å². The summed E-state index contributed by atoms with van der Waals surface area (Å²) in [5, 5.41) is 0.836. The van der Waals surface area contributed by atoms with Gasteiger partial charge in [0.2, 0.25) is 5.91 Å². The van der Waals surface area contributed by atoms with E-state index in [1.165, 1.54) is 7.11 Å². The molecule has 0 saturated carbocycles. The Morgan fingerprint density at radius 2 is 2.09 bits per heavy atom. The van der Waals surface area contributed by atoms with E-state index >= 15 is 0 Å². The predicted octanol–water partition coefficient (Wildman–Crippen LogP) is 2.33. The molecule has 118 valence electrons. The number of hydrogen-bond acceptors (Lipinski definition) is 5. The number of methoxy groups -OCH3 is 1. The normalized spacial score (nSPS) is 10.7. The van der Waals surface area contributed by atoms with Gasteiger partial charge in [-0.15, -0.1) is 11.6 Å². The lowest BCUT2D eigenvalue weighted by molar-refractivity contribution is -0.117. The van der Waals surface area contributed by atoms with Crippen LogP contribution in [0.25, 0.3) is 10.9 Å². The van der Waals surface area contributed by atoms with Crippen LogP contribution in [0.1, 0.15) is 12.2 Å². The predicted molar refractivity (Wildman–Crippen MR) is 84.8 cm³/mol. The van der Waals surface area contributed by atoms with Gasteiger partial charge < -0.3 is 15.2 Å². The lowest BCUT2D eigenvalue weighted by atomic mass is 10.2. The molecule has 2 N–H and O–H groups in total. The molecule has 0 aliphatic heterocycles. The van der Waals surface area contributed by atoms with Crippen molar-refractivity contribution in [3.63, 3.8) is 0 Å². The summed E-state index contributed by atoms with van der Waals surface area (Å²) in [5.74, 6) is 1.30. The molecule has 6 nitrogen and oxygen atoms in total. The number of nitrogens with two attached hydrogens (primary N) is 1. The van der Waals surface area contributed by atoms with Crippen molar-refractivity contribution in [1.29, 1.82) is 0 Å². The van der Waals surface area contributed by atoms with Crippen LogP contribution in [-0.4, -0.2) is 35.5 Å². The third kappa shape index (κ3) is 3.90. The third-order valence-corrected chi connectivity index (χ3v) is 3.40. The Morgan fingerprint density at radius 1 is 1.32 bits per heavy atom. The summed E-state index contributed by atoms with van der Waals surface area (Å²) in [6, 6.07) is 3.39. The Hall–Kier alpha value is -1.79. The molecule has 0 bridgehead atoms. The molecular formula is C14H15Cl2N3O3. The van der Waals surface area contributed by atoms with E-state index in [-0.39, 0.29) is 17.4 Å². The summed E-state index contributed by atoms with van der Waals surface area (Å²) in [4.78, 5) is 19.3. The molecule has 22 heavy (non-hydrogen) atoms. The molecule has 2 rings (SSSR count). The Balaban J connectivity index is 2.45. The van der Waals surface area contributed by atoms with Gasteiger partial charge in [-0.05, 0) is 12.5 Å². The Morgan fingerprint density at radius 3 is 2.73 bits per heavy atom. The summed E-state index contributed by atoms with van der Waals surface area (Å²) >= 11 is 11.8. The summed E-state index contributed by atoms with van der Waals surface area (Å²) < 4.78 is 10.9. The number of hydrogen-bond donors (Lipinski definition) is 1. The average Bonchev–Trinajstić information content (AvgIpc) is 2.46. The van der Waals surface area contributed by atoms with Crippen LogP contribution in [0.2, 0.25) is 5.15 Å². The minimum Gasteiger partial charge on any atom is -0.493 e. The number of nitrogens with zero attached hydrogens (tertiary/aromatic N) is 2. The van der Waals surface area contributed by atoms with Crippen molar-refractivity contribution in [3.05, 3.63) is 23.1 Å². The van der Waals surface area contributed by atoms with E-state index in [1.54, 1.807) is 12.1 Å². The molecule has 0 spiro atoms. The highest BCUT2D eigenvalue weighted by Gasteiger charge is 2.13. The monoisotopic (exact) mass is 343 g/mol. The van der Waals surface area contributed by atoms with Crippen molar-refractivity contribution >= 4 is 40.0 Å². The first-order valence-electron chi connectivity index (χ1n) is 6.56. The minimum atomic E-state index is -0.525. The molecule has 0 radical (unpaired) electrons. The van der Waals surface area contributed by atoms with E-state index in [0.29, 0.717) is 41.3 Å². The summed E-state index contributed by atoms with van der Waals surface area (Å²) in [6.07, 6.45) is 0.629. The second kappa shape index (κ2) is 7.47. The van der Waals surface area contributed by atoms with E-state index in [1.807, 2.05) is 0 Å². The van der Waals surface area contributed by atoms with Gasteiger partial charge in [-0.1, -0.05) is 11.6 Å². The standard InChI is InChI=1S/C14H15Cl2N3O3/c1-21-10-5-8-9(6-11(10)22-4-2-3-15)18-13(7-12(17)20)19-14(8)16/h5-6H,2-4,7H2,1H3,(H2,17,20). The van der Waals surface area contributed by atoms with Crippen LogP contribution in [-0.2, 0) is 11.2 Å². The number of benzene rings is 1. The van der Waals surface area contributed by atoms with Gasteiger partial charge in [0.25, 0.3) is 0 Å². The molecule has 8 heteroatoms. The highest BCUT2D eigenvalue weighted by atomic mass is 35.5. The topological polar surface area (TPSA) is 87.3 Å². The number of alkyl halides is 1. The zero-order valence-corrected chi connectivity index (χ0v) is 13.4. The smallest absolute Gasteiger partial charge is 0.225 e. The number of fused-ring (bicyclic) bond motifs is 1. The van der Waals surface area contributed by atoms with Crippen molar-refractivity contribution in [2.45, 2.75) is 12.8 Å². The van der Waals surface area contributed by atoms with Crippen molar-refractivity contribution in [1.82, 2.24) is 9.97 Å². The number of carbonyl (C=O) groups excluding carboxylic acids is 1. The van der Waals surface area contributed by atoms with Gasteiger partial charge >= 0.3 is 0 Å². The summed E-state index contributed by atoms with van der Waals surface area (Å²) in [5.41, 5.74) is 5.71. The number of aromatic nitrogens is 2. The number of amides is 1. The number of rotatable bonds is 7. The van der Waals surface area contributed by atoms with E-state index in [9.17, 15) is 4.79 Å². The molecule has 1 amide bonds. The van der Waals surface area contributed by atoms with E-state index in [2.05, 4.69) is 9.97 Å². The second-order valence-electron chi connectivity index (χ2n) is 4.48. The SMILES string of the molecule is COc1cc2c(Cl)nc(CC(N)=O)nc2cc1OCCCCl. The van der Waals surface area contributed by atoms with Gasteiger partial charge in [0.1, 0.15) is 11.0 Å². The molecule has 0 aliphatic rings. The molecular weight excluding hydrogens is 329 g/mol. The number of carbonyl (C=O) groups is 1. The number of ether oxygens (including phenoxy) is 2. The Kier molecular flexibility index (Phi) is 5.63. The molecule has 1 heterocycles.